The molecule has 0 aliphatic rings. The molecule has 0 aliphatic carbocycles. The van der Waals surface area contributed by atoms with Gasteiger partial charge < -0.3 is 10.6 Å². The van der Waals surface area contributed by atoms with Crippen molar-refractivity contribution in [1.29, 1.82) is 0 Å². The molecule has 0 spiro atoms. The Bertz CT molecular complexity index is 880. The number of anilines is 1. The van der Waals surface area contributed by atoms with E-state index in [4.69, 9.17) is 0 Å². The van der Waals surface area contributed by atoms with Crippen LogP contribution < -0.4 is 10.6 Å². The van der Waals surface area contributed by atoms with Gasteiger partial charge in [-0.1, -0.05) is 48.2 Å². The lowest BCUT2D eigenvalue weighted by Gasteiger charge is -2.11. The highest BCUT2D eigenvalue weighted by Gasteiger charge is 2.09. The van der Waals surface area contributed by atoms with Crippen LogP contribution in [0.4, 0.5) is 5.69 Å². The van der Waals surface area contributed by atoms with E-state index in [-0.39, 0.29) is 11.8 Å². The first kappa shape index (κ1) is 19.2. The van der Waals surface area contributed by atoms with Gasteiger partial charge in [-0.2, -0.15) is 0 Å². The van der Waals surface area contributed by atoms with Crippen LogP contribution in [0.3, 0.4) is 0 Å². The Hall–Kier alpha value is -2.57. The van der Waals surface area contributed by atoms with E-state index in [1.54, 1.807) is 17.8 Å². The number of thiophene rings is 1. The van der Waals surface area contributed by atoms with Crippen LogP contribution >= 0.6 is 23.1 Å². The van der Waals surface area contributed by atoms with E-state index in [0.29, 0.717) is 24.3 Å². The van der Waals surface area contributed by atoms with Crippen LogP contribution in [-0.4, -0.2) is 18.4 Å². The molecule has 0 radical (unpaired) electrons. The summed E-state index contributed by atoms with van der Waals surface area (Å²) in [6.45, 7) is 0.477. The van der Waals surface area contributed by atoms with Crippen molar-refractivity contribution in [2.24, 2.45) is 0 Å². The third-order valence-corrected chi connectivity index (χ3v) is 5.70. The number of carbonyl (C=O) groups excluding carboxylic acids is 2. The molecule has 138 valence electrons. The van der Waals surface area contributed by atoms with Gasteiger partial charge in [-0.15, -0.1) is 11.3 Å². The first-order chi connectivity index (χ1) is 13.2. The second kappa shape index (κ2) is 9.94. The second-order valence-corrected chi connectivity index (χ2v) is 7.86. The lowest BCUT2D eigenvalue weighted by Crippen LogP contribution is -2.24. The number of hydrogen-bond acceptors (Lipinski definition) is 4. The normalized spacial score (nSPS) is 10.4. The standard InChI is InChI=1S/C21H20N2O2S2/c24-20(13-6-14-22-21(25)19-12-7-15-26-19)23-17-10-4-5-11-18(17)27-16-8-2-1-3-9-16/h1-5,7-12,15H,6,13-14H2,(H,22,25)(H,23,24). The highest BCUT2D eigenvalue weighted by molar-refractivity contribution is 7.99. The lowest BCUT2D eigenvalue weighted by molar-refractivity contribution is -0.116. The van der Waals surface area contributed by atoms with Crippen molar-refractivity contribution < 1.29 is 9.59 Å². The topological polar surface area (TPSA) is 58.2 Å². The minimum atomic E-state index is -0.0879. The molecule has 0 aliphatic heterocycles. The van der Waals surface area contributed by atoms with E-state index in [1.807, 2.05) is 66.0 Å². The molecule has 0 fully saturated rings. The largest absolute Gasteiger partial charge is 0.351 e. The summed E-state index contributed by atoms with van der Waals surface area (Å²) in [5.74, 6) is -0.142. The average Bonchev–Trinajstić information content (AvgIpc) is 3.22. The number of carbonyl (C=O) groups is 2. The number of benzene rings is 2. The predicted octanol–water partition coefficient (Wildman–Crippen LogP) is 5.05. The SMILES string of the molecule is O=C(CCCNC(=O)c1cccs1)Nc1ccccc1Sc1ccccc1. The van der Waals surface area contributed by atoms with Crippen molar-refractivity contribution in [1.82, 2.24) is 5.32 Å². The van der Waals surface area contributed by atoms with Gasteiger partial charge in [0.25, 0.3) is 5.91 Å². The molecule has 0 atom stereocenters. The van der Waals surface area contributed by atoms with Crippen LogP contribution in [0.15, 0.2) is 81.9 Å². The molecule has 1 aromatic heterocycles. The maximum atomic E-state index is 12.3. The zero-order valence-electron chi connectivity index (χ0n) is 14.7. The van der Waals surface area contributed by atoms with Gasteiger partial charge in [-0.3, -0.25) is 9.59 Å². The molecule has 2 amide bonds. The summed E-state index contributed by atoms with van der Waals surface area (Å²) < 4.78 is 0. The van der Waals surface area contributed by atoms with Crippen molar-refractivity contribution in [2.45, 2.75) is 22.6 Å². The van der Waals surface area contributed by atoms with Gasteiger partial charge in [0.15, 0.2) is 0 Å². The van der Waals surface area contributed by atoms with Gasteiger partial charge in [0.2, 0.25) is 5.91 Å². The van der Waals surface area contributed by atoms with Gasteiger partial charge in [-0.05, 0) is 42.1 Å². The number of nitrogens with one attached hydrogen (secondary N) is 2. The Kier molecular flexibility index (Phi) is 7.07. The highest BCUT2D eigenvalue weighted by Crippen LogP contribution is 2.33. The van der Waals surface area contributed by atoms with Gasteiger partial charge >= 0.3 is 0 Å². The van der Waals surface area contributed by atoms with Gasteiger partial charge in [0, 0.05) is 22.8 Å². The lowest BCUT2D eigenvalue weighted by atomic mass is 10.2. The van der Waals surface area contributed by atoms with Gasteiger partial charge in [-0.25, -0.2) is 0 Å². The van der Waals surface area contributed by atoms with Crippen LogP contribution in [-0.2, 0) is 4.79 Å². The summed E-state index contributed by atoms with van der Waals surface area (Å²) in [6, 6.07) is 21.4. The van der Waals surface area contributed by atoms with Gasteiger partial charge in [0.05, 0.1) is 10.6 Å². The van der Waals surface area contributed by atoms with Crippen LogP contribution in [0, 0.1) is 0 Å². The van der Waals surface area contributed by atoms with Crippen LogP contribution in [0.1, 0.15) is 22.5 Å². The maximum Gasteiger partial charge on any atom is 0.261 e. The Labute approximate surface area is 167 Å². The third-order valence-electron chi connectivity index (χ3n) is 3.74. The Morgan fingerprint density at radius 3 is 2.48 bits per heavy atom. The molecule has 27 heavy (non-hydrogen) atoms. The summed E-state index contributed by atoms with van der Waals surface area (Å²) >= 11 is 3.02. The van der Waals surface area contributed by atoms with E-state index >= 15 is 0 Å². The molecule has 2 aromatic carbocycles. The third kappa shape index (κ3) is 5.98. The molecular formula is C21H20N2O2S2. The number of rotatable bonds is 8. The zero-order valence-corrected chi connectivity index (χ0v) is 16.3. The minimum Gasteiger partial charge on any atom is -0.351 e. The Morgan fingerprint density at radius 2 is 1.70 bits per heavy atom. The highest BCUT2D eigenvalue weighted by atomic mass is 32.2. The molecule has 0 bridgehead atoms. The van der Waals surface area contributed by atoms with E-state index in [1.165, 1.54) is 11.3 Å². The number of amides is 2. The molecule has 6 heteroatoms. The predicted molar refractivity (Wildman–Crippen MR) is 112 cm³/mol. The molecule has 3 rings (SSSR count). The molecule has 3 aromatic rings. The minimum absolute atomic E-state index is 0.0542. The van der Waals surface area contributed by atoms with E-state index in [2.05, 4.69) is 10.6 Å². The van der Waals surface area contributed by atoms with Gasteiger partial charge in [0.1, 0.15) is 0 Å². The molecule has 4 nitrogen and oxygen atoms in total. The fourth-order valence-electron chi connectivity index (χ4n) is 2.43. The summed E-state index contributed by atoms with van der Waals surface area (Å²) in [5, 5.41) is 7.68. The van der Waals surface area contributed by atoms with Crippen molar-refractivity contribution in [3.05, 3.63) is 77.0 Å². The summed E-state index contributed by atoms with van der Waals surface area (Å²) in [5.41, 5.74) is 0.805. The zero-order chi connectivity index (χ0) is 18.9. The molecule has 0 saturated carbocycles. The smallest absolute Gasteiger partial charge is 0.261 e. The van der Waals surface area contributed by atoms with E-state index in [0.717, 1.165) is 15.5 Å². The summed E-state index contributed by atoms with van der Waals surface area (Å²) in [4.78, 5) is 26.9. The molecular weight excluding hydrogens is 376 g/mol. The maximum absolute atomic E-state index is 12.3. The van der Waals surface area contributed by atoms with Crippen molar-refractivity contribution >= 4 is 40.6 Å². The summed E-state index contributed by atoms with van der Waals surface area (Å²) in [6.07, 6.45) is 0.950. The van der Waals surface area contributed by atoms with Crippen molar-refractivity contribution in [2.75, 3.05) is 11.9 Å². The molecule has 0 unspecified atom stereocenters. The first-order valence-electron chi connectivity index (χ1n) is 8.66. The van der Waals surface area contributed by atoms with Crippen molar-refractivity contribution in [3.63, 3.8) is 0 Å². The fourth-order valence-corrected chi connectivity index (χ4v) is 4.00. The number of para-hydroxylation sites is 1. The van der Waals surface area contributed by atoms with Crippen LogP contribution in [0.25, 0.3) is 0 Å². The number of hydrogen-bond donors (Lipinski definition) is 2. The fraction of sp³-hybridized carbons (Fsp3) is 0.143. The van der Waals surface area contributed by atoms with E-state index < -0.39 is 0 Å². The second-order valence-electron chi connectivity index (χ2n) is 5.80. The van der Waals surface area contributed by atoms with Crippen LogP contribution in [0.2, 0.25) is 0 Å². The van der Waals surface area contributed by atoms with Crippen molar-refractivity contribution in [3.8, 4) is 0 Å². The Balaban J connectivity index is 1.47. The monoisotopic (exact) mass is 396 g/mol. The molecule has 2 N–H and O–H groups in total. The Morgan fingerprint density at radius 1 is 0.926 bits per heavy atom. The average molecular weight is 397 g/mol. The summed E-state index contributed by atoms with van der Waals surface area (Å²) in [7, 11) is 0. The van der Waals surface area contributed by atoms with E-state index in [9.17, 15) is 9.59 Å². The molecule has 0 saturated heterocycles. The quantitative estimate of drug-likeness (QED) is 0.524. The first-order valence-corrected chi connectivity index (χ1v) is 10.4. The van der Waals surface area contributed by atoms with Crippen LogP contribution in [0.5, 0.6) is 0 Å². The molecule has 1 heterocycles.